The summed E-state index contributed by atoms with van der Waals surface area (Å²) in [5, 5.41) is 10.5. The van der Waals surface area contributed by atoms with Crippen molar-refractivity contribution < 1.29 is 36.3 Å². The first-order valence-electron chi connectivity index (χ1n) is 16.0. The van der Waals surface area contributed by atoms with Gasteiger partial charge < -0.3 is 19.4 Å². The Kier molecular flexibility index (Phi) is 8.81. The Morgan fingerprint density at radius 1 is 1.08 bits per heavy atom. The number of hydrogen-bond donors (Lipinski definition) is 1. The van der Waals surface area contributed by atoms with Gasteiger partial charge in [0.15, 0.2) is 0 Å². The summed E-state index contributed by atoms with van der Waals surface area (Å²) < 4.78 is 70.0. The molecule has 264 valence electrons. The van der Waals surface area contributed by atoms with Crippen molar-refractivity contribution in [2.24, 2.45) is 0 Å². The number of aryl methyl sites for hydroxylation is 1. The predicted molar refractivity (Wildman–Crippen MR) is 178 cm³/mol. The number of halogens is 5. The Morgan fingerprint density at radius 2 is 1.82 bits per heavy atom. The molecule has 0 bridgehead atoms. The first-order valence-corrected chi connectivity index (χ1v) is 16.7. The summed E-state index contributed by atoms with van der Waals surface area (Å²) >= 11 is 2.90. The summed E-state index contributed by atoms with van der Waals surface area (Å²) in [5.74, 6) is -1.23. The third kappa shape index (κ3) is 6.67. The Labute approximate surface area is 296 Å². The van der Waals surface area contributed by atoms with Crippen molar-refractivity contribution in [1.82, 2.24) is 29.5 Å². The normalized spacial score (nSPS) is 15.8. The van der Waals surface area contributed by atoms with Crippen molar-refractivity contribution in [2.45, 2.75) is 64.6 Å². The van der Waals surface area contributed by atoms with Gasteiger partial charge in [0.05, 0.1) is 29.6 Å². The van der Waals surface area contributed by atoms with Crippen LogP contribution in [0.2, 0.25) is 0 Å². The SMILES string of the molecule is Cc1nnc(-c2cccc(F)c2CNC(=O)c2c3n(c(=O)n2-c2ccc(OC4CC4)cc2)C[C@H](C)N(C(=O)c2ccc(Br)c(C(F)(F)F)c2)C3)o1. The number of benzene rings is 3. The quantitative estimate of drug-likeness (QED) is 0.181. The molecule has 5 aromatic rings. The number of amides is 2. The zero-order chi connectivity index (χ0) is 36.2. The molecule has 0 saturated heterocycles. The maximum atomic E-state index is 15.2. The molecule has 1 saturated carbocycles. The zero-order valence-electron chi connectivity index (χ0n) is 27.1. The maximum absolute atomic E-state index is 15.2. The van der Waals surface area contributed by atoms with E-state index in [0.717, 1.165) is 25.0 Å². The molecule has 2 amide bonds. The summed E-state index contributed by atoms with van der Waals surface area (Å²) in [6.07, 6.45) is -2.70. The van der Waals surface area contributed by atoms with Gasteiger partial charge in [0.2, 0.25) is 11.8 Å². The fourth-order valence-electron chi connectivity index (χ4n) is 6.05. The summed E-state index contributed by atoms with van der Waals surface area (Å²) in [6.45, 7) is 2.58. The Hall–Kier alpha value is -5.25. The van der Waals surface area contributed by atoms with Crippen molar-refractivity contribution in [1.29, 1.82) is 0 Å². The van der Waals surface area contributed by atoms with Gasteiger partial charge >= 0.3 is 11.9 Å². The largest absolute Gasteiger partial charge is 0.490 e. The molecule has 1 fully saturated rings. The number of hydrogen-bond acceptors (Lipinski definition) is 7. The van der Waals surface area contributed by atoms with E-state index in [2.05, 4.69) is 31.4 Å². The first-order chi connectivity index (χ1) is 24.3. The van der Waals surface area contributed by atoms with Crippen molar-refractivity contribution in [3.05, 3.63) is 115 Å². The van der Waals surface area contributed by atoms with Crippen LogP contribution < -0.4 is 15.7 Å². The monoisotopic (exact) mass is 768 g/mol. The molecule has 1 aliphatic carbocycles. The third-order valence-electron chi connectivity index (χ3n) is 8.76. The zero-order valence-corrected chi connectivity index (χ0v) is 28.7. The smallest absolute Gasteiger partial charge is 0.417 e. The molecule has 1 atom stereocenters. The van der Waals surface area contributed by atoms with Gasteiger partial charge in [0, 0.05) is 47.2 Å². The molecule has 0 unspecified atom stereocenters. The summed E-state index contributed by atoms with van der Waals surface area (Å²) in [5.41, 5.74) is -1.13. The van der Waals surface area contributed by atoms with Gasteiger partial charge in [-0.25, -0.2) is 9.18 Å². The lowest BCUT2D eigenvalue weighted by Crippen LogP contribution is -2.47. The first kappa shape index (κ1) is 34.2. The molecule has 16 heteroatoms. The highest BCUT2D eigenvalue weighted by Gasteiger charge is 2.38. The lowest BCUT2D eigenvalue weighted by Gasteiger charge is -2.34. The molecule has 7 rings (SSSR count). The highest BCUT2D eigenvalue weighted by Crippen LogP contribution is 2.36. The van der Waals surface area contributed by atoms with E-state index < -0.39 is 41.1 Å². The highest BCUT2D eigenvalue weighted by molar-refractivity contribution is 9.10. The molecular weight excluding hydrogens is 740 g/mol. The van der Waals surface area contributed by atoms with E-state index in [4.69, 9.17) is 9.15 Å². The number of aromatic nitrogens is 4. The van der Waals surface area contributed by atoms with Gasteiger partial charge in [-0.3, -0.25) is 18.7 Å². The number of fused-ring (bicyclic) bond motifs is 1. The van der Waals surface area contributed by atoms with Crippen LogP contribution in [0.15, 0.2) is 74.3 Å². The van der Waals surface area contributed by atoms with Crippen LogP contribution >= 0.6 is 15.9 Å². The number of rotatable bonds is 8. The fourth-order valence-corrected chi connectivity index (χ4v) is 6.52. The Morgan fingerprint density at radius 3 is 2.49 bits per heavy atom. The third-order valence-corrected chi connectivity index (χ3v) is 9.45. The molecule has 1 aliphatic heterocycles. The van der Waals surface area contributed by atoms with Crippen molar-refractivity contribution in [3.8, 4) is 22.9 Å². The van der Waals surface area contributed by atoms with Crippen molar-refractivity contribution in [2.75, 3.05) is 0 Å². The maximum Gasteiger partial charge on any atom is 0.417 e. The van der Waals surface area contributed by atoms with Crippen LogP contribution in [0.3, 0.4) is 0 Å². The van der Waals surface area contributed by atoms with Gasteiger partial charge in [-0.2, -0.15) is 13.2 Å². The second-order valence-corrected chi connectivity index (χ2v) is 13.2. The average molecular weight is 770 g/mol. The van der Waals surface area contributed by atoms with Crippen LogP contribution in [-0.2, 0) is 25.8 Å². The standard InChI is InChI=1S/C35H29BrF4N6O5/c1-18-16-45-29(17-44(18)33(48)20-6-13-27(36)26(14-20)35(38,39)40)30(46(34(45)49)21-7-9-22(10-8-21)51-23-11-12-23)31(47)41-15-25-24(4-3-5-28(25)37)32-43-42-19(2)50-32/h3-10,13-14,18,23H,11-12,15-17H2,1-2H3,(H,41,47)/t18-/m0/s1. The number of nitrogens with one attached hydrogen (secondary N) is 1. The molecular formula is C35H29BrF4N6O5. The van der Waals surface area contributed by atoms with E-state index in [1.165, 1.54) is 32.2 Å². The van der Waals surface area contributed by atoms with E-state index in [-0.39, 0.29) is 70.1 Å². The molecule has 0 radical (unpaired) electrons. The fraction of sp³-hybridized carbons (Fsp3) is 0.286. The molecule has 2 aromatic heterocycles. The van der Waals surface area contributed by atoms with Crippen molar-refractivity contribution >= 4 is 27.7 Å². The van der Waals surface area contributed by atoms with E-state index in [1.807, 2.05) is 0 Å². The van der Waals surface area contributed by atoms with Crippen LogP contribution in [0.1, 0.15) is 63.3 Å². The van der Waals surface area contributed by atoms with Crippen LogP contribution in [0.5, 0.6) is 5.75 Å². The summed E-state index contributed by atoms with van der Waals surface area (Å²) in [7, 11) is 0. The van der Waals surface area contributed by atoms with Crippen LogP contribution in [0.4, 0.5) is 17.6 Å². The minimum atomic E-state index is -4.72. The van der Waals surface area contributed by atoms with Gasteiger partial charge in [-0.05, 0) is 74.4 Å². The second kappa shape index (κ2) is 13.1. The van der Waals surface area contributed by atoms with E-state index in [0.29, 0.717) is 11.4 Å². The van der Waals surface area contributed by atoms with E-state index >= 15 is 4.39 Å². The number of nitrogens with zero attached hydrogens (tertiary/aromatic N) is 5. The molecule has 11 nitrogen and oxygen atoms in total. The van der Waals surface area contributed by atoms with E-state index in [1.54, 1.807) is 44.2 Å². The summed E-state index contributed by atoms with van der Waals surface area (Å²) in [6, 6.07) is 13.4. The molecule has 1 N–H and O–H groups in total. The Balaban J connectivity index is 1.27. The minimum absolute atomic E-state index is 0.0488. The number of carbonyl (C=O) groups excluding carboxylic acids is 2. The van der Waals surface area contributed by atoms with Crippen LogP contribution in [0, 0.1) is 12.7 Å². The molecule has 0 spiro atoms. The number of alkyl halides is 3. The van der Waals surface area contributed by atoms with Crippen LogP contribution in [-0.4, -0.2) is 48.2 Å². The van der Waals surface area contributed by atoms with E-state index in [9.17, 15) is 27.6 Å². The molecule has 2 aliphatic rings. The minimum Gasteiger partial charge on any atom is -0.490 e. The molecule has 3 aromatic carbocycles. The number of ether oxygens (including phenoxy) is 1. The van der Waals surface area contributed by atoms with Crippen molar-refractivity contribution in [3.63, 3.8) is 0 Å². The highest BCUT2D eigenvalue weighted by atomic mass is 79.9. The Bertz CT molecular complexity index is 2220. The topological polar surface area (TPSA) is 124 Å². The van der Waals surface area contributed by atoms with Gasteiger partial charge in [-0.15, -0.1) is 10.2 Å². The number of carbonyl (C=O) groups is 2. The van der Waals surface area contributed by atoms with Gasteiger partial charge in [0.25, 0.3) is 11.8 Å². The molecule has 3 heterocycles. The average Bonchev–Trinajstić information content (AvgIpc) is 3.73. The molecule has 51 heavy (non-hydrogen) atoms. The second-order valence-electron chi connectivity index (χ2n) is 12.4. The van der Waals surface area contributed by atoms with Gasteiger partial charge in [-0.1, -0.05) is 22.0 Å². The summed E-state index contributed by atoms with van der Waals surface area (Å²) in [4.78, 5) is 43.3. The van der Waals surface area contributed by atoms with Crippen LogP contribution in [0.25, 0.3) is 17.1 Å². The number of imidazole rings is 1. The predicted octanol–water partition coefficient (Wildman–Crippen LogP) is 6.43. The lowest BCUT2D eigenvalue weighted by atomic mass is 10.1. The van der Waals surface area contributed by atoms with Gasteiger partial charge in [0.1, 0.15) is 17.3 Å². The lowest BCUT2D eigenvalue weighted by molar-refractivity contribution is -0.138.